The van der Waals surface area contributed by atoms with Gasteiger partial charge in [-0.05, 0) is 0 Å². The lowest BCUT2D eigenvalue weighted by Gasteiger charge is -2.03. The molecule has 1 amide bonds. The summed E-state index contributed by atoms with van der Waals surface area (Å²) in [6, 6.07) is 0.817. The van der Waals surface area contributed by atoms with Crippen molar-refractivity contribution in [3.63, 3.8) is 0 Å². The number of hydrazine groups is 1. The molecule has 0 spiro atoms. The van der Waals surface area contributed by atoms with Crippen molar-refractivity contribution >= 4 is 44.6 Å². The summed E-state index contributed by atoms with van der Waals surface area (Å²) in [4.78, 5) is 22.0. The van der Waals surface area contributed by atoms with Crippen molar-refractivity contribution in [3.8, 4) is 0 Å². The Kier molecular flexibility index (Phi) is 4.03. The highest BCUT2D eigenvalue weighted by atomic mass is 35.5. The van der Waals surface area contributed by atoms with Gasteiger partial charge in [0.2, 0.25) is 5.91 Å². The molecule has 0 saturated heterocycles. The fourth-order valence-electron chi connectivity index (χ4n) is 0.785. The molecule has 0 fully saturated rings. The van der Waals surface area contributed by atoms with E-state index < -0.39 is 26.5 Å². The molecule has 1 aromatic heterocycles. The fraction of sp³-hybridized carbons (Fsp3) is 0.167. The number of hydrogen-bond acceptors (Lipinski definition) is 6. The van der Waals surface area contributed by atoms with Crippen molar-refractivity contribution in [1.82, 2.24) is 10.3 Å². The van der Waals surface area contributed by atoms with Crippen LogP contribution >= 0.6 is 22.9 Å². The standard InChI is InChI=1S/C6H6ClN3O5S2/c1-3(11)8-9-17(14,15)5-2-4(10(12)13)6(7)16-5/h2,9H,1H3,(H,8,11). The van der Waals surface area contributed by atoms with Crippen LogP contribution in [0.15, 0.2) is 10.3 Å². The van der Waals surface area contributed by atoms with Crippen LogP contribution in [0, 0.1) is 10.1 Å². The molecular formula is C6H6ClN3O5S2. The highest BCUT2D eigenvalue weighted by Gasteiger charge is 2.25. The van der Waals surface area contributed by atoms with Crippen LogP contribution in [-0.4, -0.2) is 19.2 Å². The molecule has 2 N–H and O–H groups in total. The Balaban J connectivity index is 3.04. The molecule has 1 rings (SSSR count). The number of halogens is 1. The lowest BCUT2D eigenvalue weighted by Crippen LogP contribution is -2.39. The van der Waals surface area contributed by atoms with E-state index in [1.165, 1.54) is 0 Å². The first kappa shape index (κ1) is 13.8. The van der Waals surface area contributed by atoms with E-state index in [1.54, 1.807) is 4.83 Å². The second-order valence-corrected chi connectivity index (χ2v) is 6.33. The molecule has 0 radical (unpaired) electrons. The Morgan fingerprint density at radius 3 is 2.59 bits per heavy atom. The van der Waals surface area contributed by atoms with Gasteiger partial charge >= 0.3 is 0 Å². The van der Waals surface area contributed by atoms with Gasteiger partial charge in [0.1, 0.15) is 4.21 Å². The Bertz CT molecular complexity index is 566. The van der Waals surface area contributed by atoms with Gasteiger partial charge in [0.15, 0.2) is 4.34 Å². The van der Waals surface area contributed by atoms with E-state index in [4.69, 9.17) is 11.6 Å². The van der Waals surface area contributed by atoms with Crippen molar-refractivity contribution in [3.05, 3.63) is 20.5 Å². The topological polar surface area (TPSA) is 118 Å². The highest BCUT2D eigenvalue weighted by molar-refractivity contribution is 7.91. The predicted molar refractivity (Wildman–Crippen MR) is 60.1 cm³/mol. The molecule has 0 unspecified atom stereocenters. The van der Waals surface area contributed by atoms with Gasteiger partial charge in [-0.2, -0.15) is 0 Å². The van der Waals surface area contributed by atoms with Crippen LogP contribution in [0.4, 0.5) is 5.69 Å². The van der Waals surface area contributed by atoms with Crippen molar-refractivity contribution in [1.29, 1.82) is 0 Å². The summed E-state index contributed by atoms with van der Waals surface area (Å²) in [5.41, 5.74) is 1.36. The number of nitro groups is 1. The summed E-state index contributed by atoms with van der Waals surface area (Å²) in [7, 11) is -4.04. The third kappa shape index (κ3) is 3.36. The lowest BCUT2D eigenvalue weighted by atomic mass is 10.6. The molecule has 0 saturated carbocycles. The predicted octanol–water partition coefficient (Wildman–Crippen LogP) is 0.639. The largest absolute Gasteiger partial charge is 0.300 e. The van der Waals surface area contributed by atoms with Crippen LogP contribution in [0.1, 0.15) is 6.92 Å². The van der Waals surface area contributed by atoms with Crippen LogP contribution in [-0.2, 0) is 14.8 Å². The van der Waals surface area contributed by atoms with Crippen molar-refractivity contribution < 1.29 is 18.1 Å². The first-order valence-electron chi connectivity index (χ1n) is 3.96. The zero-order valence-corrected chi connectivity index (χ0v) is 10.6. The van der Waals surface area contributed by atoms with Crippen molar-refractivity contribution in [2.24, 2.45) is 0 Å². The minimum atomic E-state index is -4.04. The normalized spacial score (nSPS) is 11.2. The average molecular weight is 300 g/mol. The second-order valence-electron chi connectivity index (χ2n) is 2.77. The van der Waals surface area contributed by atoms with Crippen LogP contribution in [0.5, 0.6) is 0 Å². The molecule has 94 valence electrons. The molecule has 0 atom stereocenters. The minimum absolute atomic E-state index is 0.252. The maximum atomic E-state index is 11.5. The van der Waals surface area contributed by atoms with Crippen molar-refractivity contribution in [2.75, 3.05) is 0 Å². The minimum Gasteiger partial charge on any atom is -0.278 e. The van der Waals surface area contributed by atoms with Gasteiger partial charge in [-0.3, -0.25) is 20.3 Å². The molecule has 11 heteroatoms. The second kappa shape index (κ2) is 4.96. The maximum Gasteiger partial charge on any atom is 0.300 e. The highest BCUT2D eigenvalue weighted by Crippen LogP contribution is 2.35. The van der Waals surface area contributed by atoms with E-state index in [0.717, 1.165) is 13.0 Å². The monoisotopic (exact) mass is 299 g/mol. The van der Waals surface area contributed by atoms with Gasteiger partial charge in [-0.15, -0.1) is 16.2 Å². The Morgan fingerprint density at radius 1 is 1.59 bits per heavy atom. The summed E-state index contributed by atoms with van der Waals surface area (Å²) in [5.74, 6) is -0.620. The first-order valence-corrected chi connectivity index (χ1v) is 6.64. The maximum absolute atomic E-state index is 11.5. The number of nitrogens with zero attached hydrogens (tertiary/aromatic N) is 1. The van der Waals surface area contributed by atoms with E-state index in [0.29, 0.717) is 11.3 Å². The summed E-state index contributed by atoms with van der Waals surface area (Å²) in [5, 5.41) is 10.5. The van der Waals surface area contributed by atoms with Crippen LogP contribution < -0.4 is 10.3 Å². The molecular weight excluding hydrogens is 294 g/mol. The molecule has 8 nitrogen and oxygen atoms in total. The van der Waals surface area contributed by atoms with Gasteiger partial charge < -0.3 is 0 Å². The number of rotatable bonds is 4. The van der Waals surface area contributed by atoms with Gasteiger partial charge in [0.25, 0.3) is 15.7 Å². The number of nitrogens with one attached hydrogen (secondary N) is 2. The first-order chi connectivity index (χ1) is 7.74. The average Bonchev–Trinajstić information content (AvgIpc) is 2.58. The fourth-order valence-corrected chi connectivity index (χ4v) is 3.34. The SMILES string of the molecule is CC(=O)NNS(=O)(=O)c1cc([N+](=O)[O-])c(Cl)s1. The molecule has 1 heterocycles. The molecule has 0 aromatic carbocycles. The van der Waals surface area contributed by atoms with Crippen LogP contribution in [0.25, 0.3) is 0 Å². The molecule has 17 heavy (non-hydrogen) atoms. The van der Waals surface area contributed by atoms with E-state index in [2.05, 4.69) is 0 Å². The quantitative estimate of drug-likeness (QED) is 0.624. The molecule has 0 aliphatic heterocycles. The smallest absolute Gasteiger partial charge is 0.278 e. The van der Waals surface area contributed by atoms with Gasteiger partial charge in [-0.1, -0.05) is 11.6 Å². The van der Waals surface area contributed by atoms with Crippen molar-refractivity contribution in [2.45, 2.75) is 11.1 Å². The van der Waals surface area contributed by atoms with Gasteiger partial charge in [0.05, 0.1) is 4.92 Å². The number of hydrogen-bond donors (Lipinski definition) is 2. The Morgan fingerprint density at radius 2 is 2.18 bits per heavy atom. The molecule has 0 bridgehead atoms. The zero-order valence-electron chi connectivity index (χ0n) is 8.26. The van der Waals surface area contributed by atoms with Gasteiger partial charge in [-0.25, -0.2) is 8.42 Å². The van der Waals surface area contributed by atoms with E-state index in [1.807, 2.05) is 5.43 Å². The number of carbonyl (C=O) groups excluding carboxylic acids is 1. The number of carbonyl (C=O) groups is 1. The summed E-state index contributed by atoms with van der Waals surface area (Å²) < 4.78 is 22.4. The Hall–Kier alpha value is -1.23. The lowest BCUT2D eigenvalue weighted by molar-refractivity contribution is -0.384. The number of thiophene rings is 1. The molecule has 1 aromatic rings. The van der Waals surface area contributed by atoms with Crippen LogP contribution in [0.3, 0.4) is 0 Å². The summed E-state index contributed by atoms with van der Waals surface area (Å²) in [6.07, 6.45) is 0. The Labute approximate surface area is 105 Å². The molecule has 0 aliphatic rings. The third-order valence-electron chi connectivity index (χ3n) is 1.47. The van der Waals surface area contributed by atoms with E-state index >= 15 is 0 Å². The number of sulfonamides is 1. The van der Waals surface area contributed by atoms with Gasteiger partial charge in [0, 0.05) is 13.0 Å². The molecule has 0 aliphatic carbocycles. The third-order valence-corrected chi connectivity index (χ3v) is 4.53. The van der Waals surface area contributed by atoms with E-state index in [-0.39, 0.29) is 8.55 Å². The van der Waals surface area contributed by atoms with Crippen LogP contribution in [0.2, 0.25) is 4.34 Å². The summed E-state index contributed by atoms with van der Waals surface area (Å²) in [6.45, 7) is 1.10. The summed E-state index contributed by atoms with van der Waals surface area (Å²) >= 11 is 6.03. The van der Waals surface area contributed by atoms with E-state index in [9.17, 15) is 23.3 Å². The number of amides is 1. The zero-order chi connectivity index (χ0) is 13.2.